The minimum Gasteiger partial charge on any atom is -0.435 e. The molecule has 20 heavy (non-hydrogen) atoms. The zero-order valence-electron chi connectivity index (χ0n) is 11.6. The zero-order chi connectivity index (χ0) is 14.5. The van der Waals surface area contributed by atoms with Crippen LogP contribution in [0, 0.1) is 0 Å². The number of likely N-dealkylation sites (N-methyl/N-ethyl adjacent to an activating group) is 1. The van der Waals surface area contributed by atoms with Crippen molar-refractivity contribution in [3.05, 3.63) is 29.8 Å². The van der Waals surface area contributed by atoms with Crippen LogP contribution in [0.5, 0.6) is 5.75 Å². The molecule has 1 heterocycles. The summed E-state index contributed by atoms with van der Waals surface area (Å²) in [4.78, 5) is 4.62. The lowest BCUT2D eigenvalue weighted by molar-refractivity contribution is -0.0498. The molecule has 1 aromatic carbocycles. The third-order valence-electron chi connectivity index (χ3n) is 3.69. The molecule has 0 radical (unpaired) electrons. The van der Waals surface area contributed by atoms with Crippen LogP contribution in [0.15, 0.2) is 24.3 Å². The van der Waals surface area contributed by atoms with Crippen LogP contribution in [0.2, 0.25) is 0 Å². The number of halogens is 2. The maximum atomic E-state index is 12.1. The number of hydrogen-bond acceptors (Lipinski definition) is 4. The normalized spacial score (nSPS) is 19.2. The predicted molar refractivity (Wildman–Crippen MR) is 73.9 cm³/mol. The Labute approximate surface area is 118 Å². The first-order chi connectivity index (χ1) is 9.60. The summed E-state index contributed by atoms with van der Waals surface area (Å²) in [6, 6.07) is 6.89. The molecular formula is C14H21F2N3O. The molecule has 4 nitrogen and oxygen atoms in total. The van der Waals surface area contributed by atoms with Crippen LogP contribution in [0.4, 0.5) is 8.78 Å². The number of nitrogens with two attached hydrogens (primary N) is 1. The van der Waals surface area contributed by atoms with Gasteiger partial charge in [-0.1, -0.05) is 12.1 Å². The second kappa shape index (κ2) is 6.97. The van der Waals surface area contributed by atoms with E-state index < -0.39 is 6.61 Å². The summed E-state index contributed by atoms with van der Waals surface area (Å²) in [5.41, 5.74) is 6.92. The van der Waals surface area contributed by atoms with Gasteiger partial charge in [-0.25, -0.2) is 0 Å². The first-order valence-electron chi connectivity index (χ1n) is 6.77. The first kappa shape index (κ1) is 15.2. The lowest BCUT2D eigenvalue weighted by Crippen LogP contribution is -2.47. The van der Waals surface area contributed by atoms with E-state index in [1.165, 1.54) is 0 Å². The molecule has 0 aromatic heterocycles. The molecule has 1 saturated heterocycles. The molecule has 2 rings (SSSR count). The number of ether oxygens (including phenoxy) is 1. The first-order valence-corrected chi connectivity index (χ1v) is 6.77. The highest BCUT2D eigenvalue weighted by atomic mass is 19.3. The second-order valence-corrected chi connectivity index (χ2v) is 5.04. The Bertz CT molecular complexity index is 405. The van der Waals surface area contributed by atoms with Crippen molar-refractivity contribution in [1.82, 2.24) is 9.80 Å². The van der Waals surface area contributed by atoms with Crippen LogP contribution in [0.25, 0.3) is 0 Å². The van der Waals surface area contributed by atoms with Crippen molar-refractivity contribution < 1.29 is 13.5 Å². The van der Waals surface area contributed by atoms with E-state index in [2.05, 4.69) is 21.6 Å². The van der Waals surface area contributed by atoms with Crippen molar-refractivity contribution >= 4 is 0 Å². The van der Waals surface area contributed by atoms with Crippen molar-refractivity contribution in [2.45, 2.75) is 12.7 Å². The average molecular weight is 285 g/mol. The summed E-state index contributed by atoms with van der Waals surface area (Å²) in [5, 5.41) is 0. The maximum Gasteiger partial charge on any atom is 0.387 e. The van der Waals surface area contributed by atoms with Crippen molar-refractivity contribution in [1.29, 1.82) is 0 Å². The number of nitrogens with zero attached hydrogens (tertiary/aromatic N) is 2. The molecular weight excluding hydrogens is 264 g/mol. The monoisotopic (exact) mass is 285 g/mol. The third-order valence-corrected chi connectivity index (χ3v) is 3.69. The molecule has 112 valence electrons. The van der Waals surface area contributed by atoms with E-state index in [-0.39, 0.29) is 11.8 Å². The van der Waals surface area contributed by atoms with Crippen LogP contribution < -0.4 is 10.5 Å². The van der Waals surface area contributed by atoms with E-state index in [0.717, 1.165) is 31.7 Å². The fraction of sp³-hybridized carbons (Fsp3) is 0.571. The highest BCUT2D eigenvalue weighted by molar-refractivity contribution is 5.29. The Morgan fingerprint density at radius 1 is 1.15 bits per heavy atom. The molecule has 2 N–H and O–H groups in total. The summed E-state index contributed by atoms with van der Waals surface area (Å²) < 4.78 is 28.6. The zero-order valence-corrected chi connectivity index (χ0v) is 11.6. The summed E-state index contributed by atoms with van der Waals surface area (Å²) in [6.07, 6.45) is 0. The molecule has 0 bridgehead atoms. The predicted octanol–water partition coefficient (Wildman–Crippen LogP) is 1.54. The fourth-order valence-corrected chi connectivity index (χ4v) is 2.50. The fourth-order valence-electron chi connectivity index (χ4n) is 2.50. The van der Waals surface area contributed by atoms with Gasteiger partial charge in [-0.05, 0) is 24.7 Å². The molecule has 1 aliphatic heterocycles. The number of hydrogen-bond donors (Lipinski definition) is 1. The Kier molecular flexibility index (Phi) is 5.28. The quantitative estimate of drug-likeness (QED) is 0.891. The number of piperazine rings is 1. The van der Waals surface area contributed by atoms with Crippen LogP contribution in [0.1, 0.15) is 11.6 Å². The lowest BCUT2D eigenvalue weighted by atomic mass is 10.0. The Morgan fingerprint density at radius 3 is 2.25 bits per heavy atom. The minimum atomic E-state index is -2.79. The topological polar surface area (TPSA) is 41.7 Å². The van der Waals surface area contributed by atoms with E-state index in [1.807, 2.05) is 12.1 Å². The highest BCUT2D eigenvalue weighted by Gasteiger charge is 2.22. The maximum absolute atomic E-state index is 12.1. The van der Waals surface area contributed by atoms with Gasteiger partial charge in [0.1, 0.15) is 5.75 Å². The molecule has 0 saturated carbocycles. The SMILES string of the molecule is CN1CCN(C(CN)c2ccc(OC(F)F)cc2)CC1. The van der Waals surface area contributed by atoms with Crippen molar-refractivity contribution in [2.24, 2.45) is 5.73 Å². The lowest BCUT2D eigenvalue weighted by Gasteiger charge is -2.37. The van der Waals surface area contributed by atoms with Gasteiger partial charge < -0.3 is 15.4 Å². The Balaban J connectivity index is 2.03. The molecule has 1 fully saturated rings. The number of alkyl halides is 2. The van der Waals surface area contributed by atoms with Gasteiger partial charge >= 0.3 is 6.61 Å². The molecule has 0 aliphatic carbocycles. The smallest absolute Gasteiger partial charge is 0.387 e. The van der Waals surface area contributed by atoms with Crippen LogP contribution in [-0.4, -0.2) is 56.2 Å². The third kappa shape index (κ3) is 3.88. The summed E-state index contributed by atoms with van der Waals surface area (Å²) >= 11 is 0. The molecule has 1 unspecified atom stereocenters. The molecule has 1 aromatic rings. The highest BCUT2D eigenvalue weighted by Crippen LogP contribution is 2.24. The Hall–Kier alpha value is -1.24. The largest absolute Gasteiger partial charge is 0.435 e. The van der Waals surface area contributed by atoms with Gasteiger partial charge in [-0.2, -0.15) is 8.78 Å². The molecule has 6 heteroatoms. The number of rotatable bonds is 5. The van der Waals surface area contributed by atoms with E-state index in [4.69, 9.17) is 5.73 Å². The average Bonchev–Trinajstić information content (AvgIpc) is 2.43. The summed E-state index contributed by atoms with van der Waals surface area (Å²) in [5.74, 6) is 0.179. The Morgan fingerprint density at radius 2 is 1.75 bits per heavy atom. The summed E-state index contributed by atoms with van der Waals surface area (Å²) in [7, 11) is 2.10. The van der Waals surface area contributed by atoms with E-state index in [0.29, 0.717) is 6.54 Å². The van der Waals surface area contributed by atoms with Gasteiger partial charge in [0.25, 0.3) is 0 Å². The van der Waals surface area contributed by atoms with E-state index >= 15 is 0 Å². The van der Waals surface area contributed by atoms with Gasteiger partial charge in [-0.3, -0.25) is 4.90 Å². The van der Waals surface area contributed by atoms with E-state index in [9.17, 15) is 8.78 Å². The van der Waals surface area contributed by atoms with Crippen molar-refractivity contribution in [3.8, 4) is 5.75 Å². The molecule has 1 aliphatic rings. The molecule has 0 amide bonds. The van der Waals surface area contributed by atoms with Crippen LogP contribution in [-0.2, 0) is 0 Å². The van der Waals surface area contributed by atoms with Gasteiger partial charge in [0.2, 0.25) is 0 Å². The van der Waals surface area contributed by atoms with Crippen molar-refractivity contribution in [3.63, 3.8) is 0 Å². The van der Waals surface area contributed by atoms with Crippen LogP contribution >= 0.6 is 0 Å². The van der Waals surface area contributed by atoms with Gasteiger partial charge in [-0.15, -0.1) is 0 Å². The van der Waals surface area contributed by atoms with Crippen molar-refractivity contribution in [2.75, 3.05) is 39.8 Å². The minimum absolute atomic E-state index is 0.129. The molecule has 1 atom stereocenters. The second-order valence-electron chi connectivity index (χ2n) is 5.04. The van der Waals surface area contributed by atoms with E-state index in [1.54, 1.807) is 12.1 Å². The van der Waals surface area contributed by atoms with Crippen LogP contribution in [0.3, 0.4) is 0 Å². The van der Waals surface area contributed by atoms with Gasteiger partial charge in [0.05, 0.1) is 0 Å². The van der Waals surface area contributed by atoms with Gasteiger partial charge in [0.15, 0.2) is 0 Å². The molecule has 0 spiro atoms. The standard InChI is InChI=1S/C14H21F2N3O/c1-18-6-8-19(9-7-18)13(10-17)11-2-4-12(5-3-11)20-14(15)16/h2-5,13-14H,6-10,17H2,1H3. The number of benzene rings is 1. The summed E-state index contributed by atoms with van der Waals surface area (Å²) in [6.45, 7) is 1.69. The van der Waals surface area contributed by atoms with Gasteiger partial charge in [0, 0.05) is 38.8 Å².